The second-order valence-electron chi connectivity index (χ2n) is 10.7. The summed E-state index contributed by atoms with van der Waals surface area (Å²) in [4.78, 5) is 31.6. The number of fused-ring (bicyclic) bond motifs is 2. The van der Waals surface area contributed by atoms with E-state index >= 15 is 0 Å². The molecule has 2 aromatic carbocycles. The Hall–Kier alpha value is -2.89. The maximum atomic E-state index is 14.6. The highest BCUT2D eigenvalue weighted by Crippen LogP contribution is 2.44. The molecule has 192 valence electrons. The monoisotopic (exact) mass is 492 g/mol. The Kier molecular flexibility index (Phi) is 7.31. The van der Waals surface area contributed by atoms with Crippen LogP contribution in [0.15, 0.2) is 48.5 Å². The van der Waals surface area contributed by atoms with E-state index in [-0.39, 0.29) is 29.8 Å². The minimum atomic E-state index is -0.600. The third-order valence-electron chi connectivity index (χ3n) is 8.48. The van der Waals surface area contributed by atoms with Gasteiger partial charge in [0, 0.05) is 20.1 Å². The highest BCUT2D eigenvalue weighted by Gasteiger charge is 2.48. The molecule has 0 bridgehead atoms. The van der Waals surface area contributed by atoms with Gasteiger partial charge in [0.15, 0.2) is 0 Å². The van der Waals surface area contributed by atoms with Gasteiger partial charge in [0.25, 0.3) is 5.91 Å². The summed E-state index contributed by atoms with van der Waals surface area (Å²) in [6.07, 6.45) is 8.95. The standard InChI is InChI=1S/C30H37FN2O3/c1-32-20-8-9-21-33(29(35)30(18-6-7-19-30)22-14-16-23(31)17-15-22)25-11-3-5-13-27(25)36-26-12-4-2-10-24(26)28(32)34/h2,4,10,12,14-17,25,27H,3,5-9,11,13,18-21H2,1H3/t25-,27+/m1/s1. The van der Waals surface area contributed by atoms with Gasteiger partial charge in [0.05, 0.1) is 17.0 Å². The van der Waals surface area contributed by atoms with Gasteiger partial charge in [-0.1, -0.05) is 43.5 Å². The van der Waals surface area contributed by atoms with Crippen molar-refractivity contribution in [3.63, 3.8) is 0 Å². The summed E-state index contributed by atoms with van der Waals surface area (Å²) in [7, 11) is 1.83. The summed E-state index contributed by atoms with van der Waals surface area (Å²) in [6.45, 7) is 1.28. The van der Waals surface area contributed by atoms with E-state index in [1.807, 2.05) is 31.3 Å². The van der Waals surface area contributed by atoms with Gasteiger partial charge in [-0.05, 0) is 74.8 Å². The average Bonchev–Trinajstić information content (AvgIpc) is 3.40. The topological polar surface area (TPSA) is 49.9 Å². The maximum absolute atomic E-state index is 14.6. The fraction of sp³-hybridized carbons (Fsp3) is 0.533. The van der Waals surface area contributed by atoms with Crippen LogP contribution in [0.2, 0.25) is 0 Å². The minimum Gasteiger partial charge on any atom is -0.487 e. The summed E-state index contributed by atoms with van der Waals surface area (Å²) < 4.78 is 20.4. The number of para-hydroxylation sites is 1. The van der Waals surface area contributed by atoms with E-state index < -0.39 is 5.41 Å². The van der Waals surface area contributed by atoms with Gasteiger partial charge in [-0.15, -0.1) is 0 Å². The first-order valence-corrected chi connectivity index (χ1v) is 13.6. The van der Waals surface area contributed by atoms with Crippen molar-refractivity contribution >= 4 is 11.8 Å². The Balaban J connectivity index is 1.52. The van der Waals surface area contributed by atoms with Gasteiger partial charge in [-0.25, -0.2) is 4.39 Å². The van der Waals surface area contributed by atoms with Crippen LogP contribution >= 0.6 is 0 Å². The van der Waals surface area contributed by atoms with Gasteiger partial charge >= 0.3 is 0 Å². The van der Waals surface area contributed by atoms with Crippen LogP contribution in [0.1, 0.15) is 80.1 Å². The lowest BCUT2D eigenvalue weighted by molar-refractivity contribution is -0.143. The molecule has 0 N–H and O–H groups in total. The Labute approximate surface area is 213 Å². The fourth-order valence-corrected chi connectivity index (χ4v) is 6.49. The van der Waals surface area contributed by atoms with Gasteiger partial charge < -0.3 is 14.5 Å². The molecule has 2 amide bonds. The van der Waals surface area contributed by atoms with Gasteiger partial charge in [-0.3, -0.25) is 9.59 Å². The smallest absolute Gasteiger partial charge is 0.257 e. The Morgan fingerprint density at radius 1 is 0.917 bits per heavy atom. The molecule has 2 atom stereocenters. The second kappa shape index (κ2) is 10.6. The van der Waals surface area contributed by atoms with Crippen LogP contribution in [-0.2, 0) is 10.2 Å². The lowest BCUT2D eigenvalue weighted by atomic mass is 9.76. The van der Waals surface area contributed by atoms with E-state index in [0.29, 0.717) is 24.4 Å². The molecule has 5 rings (SSSR count). The van der Waals surface area contributed by atoms with E-state index in [4.69, 9.17) is 4.74 Å². The van der Waals surface area contributed by atoms with Crippen molar-refractivity contribution in [1.82, 2.24) is 9.80 Å². The Morgan fingerprint density at radius 3 is 2.39 bits per heavy atom. The molecule has 1 aliphatic heterocycles. The molecule has 6 heteroatoms. The molecule has 0 radical (unpaired) electrons. The zero-order valence-electron chi connectivity index (χ0n) is 21.3. The molecule has 1 heterocycles. The molecule has 0 spiro atoms. The number of ether oxygens (including phenoxy) is 1. The number of rotatable bonds is 2. The molecular formula is C30H37FN2O3. The van der Waals surface area contributed by atoms with Gasteiger partial charge in [0.1, 0.15) is 17.7 Å². The van der Waals surface area contributed by atoms with Crippen molar-refractivity contribution in [2.75, 3.05) is 20.1 Å². The number of hydrogen-bond donors (Lipinski definition) is 0. The third kappa shape index (κ3) is 4.74. The number of benzene rings is 2. The SMILES string of the molecule is CN1CCCCN(C(=O)C2(c3ccc(F)cc3)CCCC2)[C@@H]2CCCC[C@@H]2Oc2ccccc2C1=O. The molecule has 0 unspecified atom stereocenters. The normalized spacial score (nSPS) is 24.7. The van der Waals surface area contributed by atoms with Crippen molar-refractivity contribution in [3.05, 3.63) is 65.5 Å². The summed E-state index contributed by atoms with van der Waals surface area (Å²) in [5.41, 5.74) is 0.917. The predicted molar refractivity (Wildman–Crippen MR) is 138 cm³/mol. The van der Waals surface area contributed by atoms with E-state index in [9.17, 15) is 14.0 Å². The molecular weight excluding hydrogens is 455 g/mol. The van der Waals surface area contributed by atoms with E-state index in [1.165, 1.54) is 12.1 Å². The number of halogens is 1. The number of amides is 2. The molecule has 2 aromatic rings. The van der Waals surface area contributed by atoms with Crippen molar-refractivity contribution < 1.29 is 18.7 Å². The van der Waals surface area contributed by atoms with Crippen LogP contribution < -0.4 is 4.74 Å². The van der Waals surface area contributed by atoms with Gasteiger partial charge in [-0.2, -0.15) is 0 Å². The lowest BCUT2D eigenvalue weighted by Gasteiger charge is -2.44. The summed E-state index contributed by atoms with van der Waals surface area (Å²) in [5.74, 6) is 0.478. The highest BCUT2D eigenvalue weighted by molar-refractivity contribution is 5.96. The largest absolute Gasteiger partial charge is 0.487 e. The molecule has 2 fully saturated rings. The Bertz CT molecular complexity index is 1080. The first-order valence-electron chi connectivity index (χ1n) is 13.6. The molecule has 0 aromatic heterocycles. The zero-order valence-corrected chi connectivity index (χ0v) is 21.3. The van der Waals surface area contributed by atoms with Crippen LogP contribution in [0.5, 0.6) is 5.75 Å². The summed E-state index contributed by atoms with van der Waals surface area (Å²) >= 11 is 0. The average molecular weight is 493 g/mol. The molecule has 36 heavy (non-hydrogen) atoms. The Morgan fingerprint density at radius 2 is 1.61 bits per heavy atom. The van der Waals surface area contributed by atoms with Crippen molar-refractivity contribution in [2.45, 2.75) is 81.8 Å². The van der Waals surface area contributed by atoms with E-state index in [2.05, 4.69) is 4.90 Å². The highest BCUT2D eigenvalue weighted by atomic mass is 19.1. The first kappa shape index (κ1) is 24.8. The van der Waals surface area contributed by atoms with Gasteiger partial charge in [0.2, 0.25) is 5.91 Å². The summed E-state index contributed by atoms with van der Waals surface area (Å²) in [5, 5.41) is 0. The third-order valence-corrected chi connectivity index (χ3v) is 8.48. The van der Waals surface area contributed by atoms with Crippen LogP contribution in [-0.4, -0.2) is 53.9 Å². The maximum Gasteiger partial charge on any atom is 0.257 e. The van der Waals surface area contributed by atoms with Crippen LogP contribution in [0.3, 0.4) is 0 Å². The van der Waals surface area contributed by atoms with Crippen molar-refractivity contribution in [1.29, 1.82) is 0 Å². The van der Waals surface area contributed by atoms with Crippen LogP contribution in [0, 0.1) is 5.82 Å². The molecule has 2 saturated carbocycles. The second-order valence-corrected chi connectivity index (χ2v) is 10.7. The molecule has 3 aliphatic rings. The fourth-order valence-electron chi connectivity index (χ4n) is 6.49. The molecule has 5 nitrogen and oxygen atoms in total. The van der Waals surface area contributed by atoms with Crippen LogP contribution in [0.4, 0.5) is 4.39 Å². The molecule has 2 aliphatic carbocycles. The number of nitrogens with zero attached hydrogens (tertiary/aromatic N) is 2. The number of carbonyl (C=O) groups is 2. The van der Waals surface area contributed by atoms with E-state index in [0.717, 1.165) is 69.8 Å². The van der Waals surface area contributed by atoms with Crippen LogP contribution in [0.25, 0.3) is 0 Å². The predicted octanol–water partition coefficient (Wildman–Crippen LogP) is 5.72. The van der Waals surface area contributed by atoms with E-state index in [1.54, 1.807) is 17.0 Å². The minimum absolute atomic E-state index is 0.0207. The molecule has 0 saturated heterocycles. The first-order chi connectivity index (χ1) is 17.5. The van der Waals surface area contributed by atoms with Crippen molar-refractivity contribution in [2.24, 2.45) is 0 Å². The number of carbonyl (C=O) groups excluding carboxylic acids is 2. The lowest BCUT2D eigenvalue weighted by Crippen LogP contribution is -2.56. The van der Waals surface area contributed by atoms with Crippen molar-refractivity contribution in [3.8, 4) is 5.75 Å². The number of hydrogen-bond acceptors (Lipinski definition) is 3. The quantitative estimate of drug-likeness (QED) is 0.539. The summed E-state index contributed by atoms with van der Waals surface area (Å²) in [6, 6.07) is 14.0. The zero-order chi connectivity index (χ0) is 25.1.